The molecule has 9 rings (SSSR count). The Balaban J connectivity index is 1.34. The second-order valence-corrected chi connectivity index (χ2v) is 21.1. The highest BCUT2D eigenvalue weighted by Gasteiger charge is 2.36. The summed E-state index contributed by atoms with van der Waals surface area (Å²) in [6, 6.07) is 64.3. The molecular formula is C61H61N. The topological polar surface area (TPSA) is 3.24 Å². The highest BCUT2D eigenvalue weighted by Crippen LogP contribution is 2.53. The van der Waals surface area contributed by atoms with Crippen LogP contribution in [-0.2, 0) is 21.7 Å². The first-order valence-electron chi connectivity index (χ1n) is 22.4. The van der Waals surface area contributed by atoms with Crippen LogP contribution >= 0.6 is 0 Å². The molecule has 1 aliphatic carbocycles. The van der Waals surface area contributed by atoms with Gasteiger partial charge in [-0.1, -0.05) is 216 Å². The molecule has 62 heavy (non-hydrogen) atoms. The summed E-state index contributed by atoms with van der Waals surface area (Å²) in [4.78, 5) is 2.54. The van der Waals surface area contributed by atoms with E-state index in [9.17, 15) is 0 Å². The van der Waals surface area contributed by atoms with Gasteiger partial charge in [0.2, 0.25) is 0 Å². The van der Waals surface area contributed by atoms with E-state index in [4.69, 9.17) is 0 Å². The smallest absolute Gasteiger partial charge is 0.0540 e. The Morgan fingerprint density at radius 1 is 0.355 bits per heavy atom. The summed E-state index contributed by atoms with van der Waals surface area (Å²) < 4.78 is 0. The molecule has 0 bridgehead atoms. The van der Waals surface area contributed by atoms with E-state index in [1.54, 1.807) is 0 Å². The molecule has 0 saturated carbocycles. The molecule has 8 aromatic rings. The number of rotatable bonds is 6. The third kappa shape index (κ3) is 7.26. The Labute approximate surface area is 371 Å². The molecule has 1 heteroatoms. The Hall–Kier alpha value is -6.18. The number of benzene rings is 8. The molecule has 0 spiro atoms. The minimum absolute atomic E-state index is 0.00131. The van der Waals surface area contributed by atoms with Crippen LogP contribution in [0.3, 0.4) is 0 Å². The lowest BCUT2D eigenvalue weighted by atomic mass is 9.78. The van der Waals surface area contributed by atoms with Gasteiger partial charge in [0, 0.05) is 22.2 Å². The van der Waals surface area contributed by atoms with Gasteiger partial charge in [-0.25, -0.2) is 0 Å². The molecule has 0 N–H and O–H groups in total. The van der Waals surface area contributed by atoms with Crippen LogP contribution in [-0.4, -0.2) is 0 Å². The van der Waals surface area contributed by atoms with Gasteiger partial charge in [-0.15, -0.1) is 0 Å². The van der Waals surface area contributed by atoms with Crippen molar-refractivity contribution in [1.29, 1.82) is 0 Å². The minimum Gasteiger partial charge on any atom is -0.309 e. The quantitative estimate of drug-likeness (QED) is 0.162. The van der Waals surface area contributed by atoms with Crippen molar-refractivity contribution in [2.24, 2.45) is 0 Å². The molecule has 1 nitrogen and oxygen atoms in total. The van der Waals surface area contributed by atoms with Crippen LogP contribution in [0.4, 0.5) is 17.1 Å². The van der Waals surface area contributed by atoms with Crippen molar-refractivity contribution < 1.29 is 0 Å². The molecule has 310 valence electrons. The summed E-state index contributed by atoms with van der Waals surface area (Å²) >= 11 is 0. The monoisotopic (exact) mass is 807 g/mol. The fourth-order valence-corrected chi connectivity index (χ4v) is 9.64. The summed E-state index contributed by atoms with van der Waals surface area (Å²) in [5.74, 6) is 0. The maximum atomic E-state index is 2.54. The van der Waals surface area contributed by atoms with Gasteiger partial charge in [0.1, 0.15) is 0 Å². The summed E-state index contributed by atoms with van der Waals surface area (Å²) in [5.41, 5.74) is 20.0. The molecule has 0 saturated heterocycles. The average Bonchev–Trinajstić information content (AvgIpc) is 3.48. The van der Waals surface area contributed by atoms with Crippen molar-refractivity contribution in [2.75, 3.05) is 4.90 Å². The largest absolute Gasteiger partial charge is 0.309 e. The number of para-hydroxylation sites is 1. The normalized spacial score (nSPS) is 13.5. The first kappa shape index (κ1) is 41.2. The fraction of sp³-hybridized carbons (Fsp3) is 0.246. The summed E-state index contributed by atoms with van der Waals surface area (Å²) in [5, 5.41) is 2.50. The van der Waals surface area contributed by atoms with E-state index < -0.39 is 0 Å². The van der Waals surface area contributed by atoms with Crippen LogP contribution in [0.2, 0.25) is 0 Å². The van der Waals surface area contributed by atoms with E-state index in [-0.39, 0.29) is 21.7 Å². The first-order valence-corrected chi connectivity index (χ1v) is 22.4. The van der Waals surface area contributed by atoms with Gasteiger partial charge in [-0.05, 0) is 119 Å². The standard InChI is InChI=1S/C61H61N/c1-58(2,3)43-31-34-56(52(38-43)40-21-13-12-14-22-40)62(46-32-33-49-48-25-15-17-29-53(48)61(10,11)54(49)39-46)55-30-18-16-26-50(55)51-28-20-24-41-23-19-27-47(57(41)51)42-35-44(59(4,5)6)37-45(36-42)60(7,8)9/h12-39H,1-11H3. The van der Waals surface area contributed by atoms with Crippen molar-refractivity contribution in [1.82, 2.24) is 0 Å². The second kappa shape index (κ2) is 15.0. The van der Waals surface area contributed by atoms with E-state index in [1.807, 2.05) is 0 Å². The van der Waals surface area contributed by atoms with E-state index in [0.717, 1.165) is 17.1 Å². The molecule has 0 unspecified atom stereocenters. The fourth-order valence-electron chi connectivity index (χ4n) is 9.64. The molecule has 1 aliphatic rings. The van der Waals surface area contributed by atoms with Gasteiger partial charge in [0.15, 0.2) is 0 Å². The summed E-state index contributed by atoms with van der Waals surface area (Å²) in [6.45, 7) is 25.7. The highest BCUT2D eigenvalue weighted by molar-refractivity contribution is 6.09. The van der Waals surface area contributed by atoms with Crippen molar-refractivity contribution >= 4 is 27.8 Å². The minimum atomic E-state index is -0.149. The number of hydrogen-bond acceptors (Lipinski definition) is 1. The van der Waals surface area contributed by atoms with Gasteiger partial charge in [0.25, 0.3) is 0 Å². The zero-order valence-corrected chi connectivity index (χ0v) is 38.6. The maximum Gasteiger partial charge on any atom is 0.0540 e. The number of fused-ring (bicyclic) bond motifs is 4. The average molecular weight is 808 g/mol. The van der Waals surface area contributed by atoms with E-state index in [2.05, 4.69) is 251 Å². The van der Waals surface area contributed by atoms with E-state index in [0.29, 0.717) is 0 Å². The predicted molar refractivity (Wildman–Crippen MR) is 269 cm³/mol. The second-order valence-electron chi connectivity index (χ2n) is 21.1. The highest BCUT2D eigenvalue weighted by atomic mass is 15.1. The Morgan fingerprint density at radius 2 is 0.903 bits per heavy atom. The zero-order chi connectivity index (χ0) is 43.8. The van der Waals surface area contributed by atoms with Crippen molar-refractivity contribution in [3.05, 3.63) is 198 Å². The Kier molecular flexibility index (Phi) is 9.98. The lowest BCUT2D eigenvalue weighted by molar-refractivity contribution is 0.569. The van der Waals surface area contributed by atoms with Crippen LogP contribution in [0.25, 0.3) is 55.3 Å². The predicted octanol–water partition coefficient (Wildman–Crippen LogP) is 17.5. The van der Waals surface area contributed by atoms with Crippen LogP contribution in [0.15, 0.2) is 170 Å². The molecule has 0 aliphatic heterocycles. The van der Waals surface area contributed by atoms with Crippen LogP contribution in [0.1, 0.15) is 104 Å². The van der Waals surface area contributed by atoms with E-state index >= 15 is 0 Å². The molecule has 0 amide bonds. The molecule has 0 fully saturated rings. The maximum absolute atomic E-state index is 2.54. The lowest BCUT2D eigenvalue weighted by Crippen LogP contribution is -2.18. The lowest BCUT2D eigenvalue weighted by Gasteiger charge is -2.32. The van der Waals surface area contributed by atoms with Crippen LogP contribution < -0.4 is 4.90 Å². The van der Waals surface area contributed by atoms with Crippen LogP contribution in [0, 0.1) is 0 Å². The Bertz CT molecular complexity index is 2940. The van der Waals surface area contributed by atoms with Crippen molar-refractivity contribution in [2.45, 2.75) is 97.8 Å². The Morgan fingerprint density at radius 3 is 1.56 bits per heavy atom. The first-order chi connectivity index (χ1) is 29.4. The summed E-state index contributed by atoms with van der Waals surface area (Å²) in [6.07, 6.45) is 0. The zero-order valence-electron chi connectivity index (χ0n) is 38.6. The van der Waals surface area contributed by atoms with Gasteiger partial charge >= 0.3 is 0 Å². The molecule has 0 radical (unpaired) electrons. The summed E-state index contributed by atoms with van der Waals surface area (Å²) in [7, 11) is 0. The van der Waals surface area contributed by atoms with Gasteiger partial charge in [0.05, 0.1) is 11.4 Å². The van der Waals surface area contributed by atoms with Crippen molar-refractivity contribution in [3.8, 4) is 44.5 Å². The third-order valence-electron chi connectivity index (χ3n) is 13.3. The van der Waals surface area contributed by atoms with Gasteiger partial charge in [-0.3, -0.25) is 0 Å². The molecular weight excluding hydrogens is 747 g/mol. The van der Waals surface area contributed by atoms with E-state index in [1.165, 1.54) is 83.1 Å². The van der Waals surface area contributed by atoms with Crippen molar-refractivity contribution in [3.63, 3.8) is 0 Å². The van der Waals surface area contributed by atoms with Crippen LogP contribution in [0.5, 0.6) is 0 Å². The molecule has 0 heterocycles. The number of anilines is 3. The van der Waals surface area contributed by atoms with Gasteiger partial charge in [-0.2, -0.15) is 0 Å². The third-order valence-corrected chi connectivity index (χ3v) is 13.3. The molecule has 8 aromatic carbocycles. The molecule has 0 aromatic heterocycles. The SMILES string of the molecule is CC(C)(C)c1cc(-c2cccc3cccc(-c4ccccc4N(c4ccc5c(c4)C(C)(C)c4ccccc4-5)c4ccc(C(C)(C)C)cc4-c4ccccc4)c23)cc(C(C)(C)C)c1. The number of nitrogens with zero attached hydrogens (tertiary/aromatic N) is 1. The molecule has 0 atom stereocenters. The van der Waals surface area contributed by atoms with Gasteiger partial charge < -0.3 is 4.90 Å². The number of hydrogen-bond donors (Lipinski definition) is 0.